The molecular formula is C22H20FN3O3. The van der Waals surface area contributed by atoms with E-state index in [9.17, 15) is 9.18 Å². The van der Waals surface area contributed by atoms with Gasteiger partial charge in [-0.05, 0) is 47.9 Å². The fraction of sp³-hybridized carbons (Fsp3) is 0.182. The third kappa shape index (κ3) is 4.63. The lowest BCUT2D eigenvalue weighted by Crippen LogP contribution is -2.26. The molecule has 1 amide bonds. The molecule has 6 nitrogen and oxygen atoms in total. The molecule has 148 valence electrons. The van der Waals surface area contributed by atoms with Gasteiger partial charge in [-0.2, -0.15) is 0 Å². The highest BCUT2D eigenvalue weighted by Gasteiger charge is 2.13. The van der Waals surface area contributed by atoms with Crippen LogP contribution in [0.4, 0.5) is 10.2 Å². The van der Waals surface area contributed by atoms with Crippen LogP contribution in [0.3, 0.4) is 0 Å². The maximum atomic E-state index is 13.6. The van der Waals surface area contributed by atoms with Crippen LogP contribution in [0.1, 0.15) is 21.5 Å². The highest BCUT2D eigenvalue weighted by molar-refractivity contribution is 5.94. The standard InChI is InChI=1S/C22H20FN3O3/c23-18-4-2-1-3-16(18)9-10-24-22(27)17-6-8-21(26-13-17)25-12-15-5-7-19-20(11-15)29-14-28-19/h1-8,11,13H,9-10,12,14H2,(H,24,27)(H,25,26). The van der Waals surface area contributed by atoms with Crippen LogP contribution in [0, 0.1) is 5.82 Å². The van der Waals surface area contributed by atoms with Crippen LogP contribution in [-0.2, 0) is 13.0 Å². The summed E-state index contributed by atoms with van der Waals surface area (Å²) in [5.74, 6) is 1.64. The minimum atomic E-state index is -0.263. The third-order valence-corrected chi connectivity index (χ3v) is 4.57. The second kappa shape index (κ2) is 8.60. The van der Waals surface area contributed by atoms with Crippen molar-refractivity contribution in [2.45, 2.75) is 13.0 Å². The number of rotatable bonds is 7. The first-order chi connectivity index (χ1) is 14.2. The molecule has 0 fully saturated rings. The van der Waals surface area contributed by atoms with Gasteiger partial charge in [0.05, 0.1) is 5.56 Å². The molecule has 1 aliphatic heterocycles. The second-order valence-electron chi connectivity index (χ2n) is 6.57. The van der Waals surface area contributed by atoms with Gasteiger partial charge in [-0.1, -0.05) is 24.3 Å². The summed E-state index contributed by atoms with van der Waals surface area (Å²) in [5.41, 5.74) is 2.06. The zero-order valence-electron chi connectivity index (χ0n) is 15.7. The molecule has 1 aromatic heterocycles. The average molecular weight is 393 g/mol. The molecule has 1 aliphatic rings. The van der Waals surface area contributed by atoms with Crippen molar-refractivity contribution in [2.75, 3.05) is 18.7 Å². The van der Waals surface area contributed by atoms with E-state index in [0.717, 1.165) is 17.1 Å². The summed E-state index contributed by atoms with van der Waals surface area (Å²) >= 11 is 0. The molecule has 2 N–H and O–H groups in total. The number of fused-ring (bicyclic) bond motifs is 1. The smallest absolute Gasteiger partial charge is 0.252 e. The first-order valence-electron chi connectivity index (χ1n) is 9.29. The maximum Gasteiger partial charge on any atom is 0.252 e. The van der Waals surface area contributed by atoms with Crippen LogP contribution in [-0.4, -0.2) is 24.2 Å². The maximum absolute atomic E-state index is 13.6. The topological polar surface area (TPSA) is 72.5 Å². The van der Waals surface area contributed by atoms with E-state index < -0.39 is 0 Å². The normalized spacial score (nSPS) is 11.9. The lowest BCUT2D eigenvalue weighted by Gasteiger charge is -2.08. The molecule has 2 heterocycles. The summed E-state index contributed by atoms with van der Waals surface area (Å²) in [6.45, 7) is 1.17. The molecule has 0 aliphatic carbocycles. The summed E-state index contributed by atoms with van der Waals surface area (Å²) in [6.07, 6.45) is 1.95. The van der Waals surface area contributed by atoms with E-state index in [1.165, 1.54) is 12.3 Å². The summed E-state index contributed by atoms with van der Waals surface area (Å²) < 4.78 is 24.3. The molecule has 29 heavy (non-hydrogen) atoms. The van der Waals surface area contributed by atoms with Crippen LogP contribution in [0.15, 0.2) is 60.8 Å². The summed E-state index contributed by atoms with van der Waals surface area (Å²) in [5, 5.41) is 5.99. The van der Waals surface area contributed by atoms with Crippen molar-refractivity contribution in [2.24, 2.45) is 0 Å². The van der Waals surface area contributed by atoms with Gasteiger partial charge in [0.25, 0.3) is 5.91 Å². The predicted octanol–water partition coefficient (Wildman–Crippen LogP) is 3.53. The molecule has 3 aromatic rings. The number of ether oxygens (including phenoxy) is 2. The van der Waals surface area contributed by atoms with Crippen molar-refractivity contribution < 1.29 is 18.7 Å². The van der Waals surface area contributed by atoms with E-state index in [4.69, 9.17) is 9.47 Å². The number of benzene rings is 2. The monoisotopic (exact) mass is 393 g/mol. The Bertz CT molecular complexity index is 1010. The van der Waals surface area contributed by atoms with Crippen molar-refractivity contribution >= 4 is 11.7 Å². The van der Waals surface area contributed by atoms with Crippen LogP contribution in [0.2, 0.25) is 0 Å². The molecule has 0 unspecified atom stereocenters. The molecule has 0 bridgehead atoms. The van der Waals surface area contributed by atoms with Gasteiger partial charge in [0.1, 0.15) is 11.6 Å². The number of aromatic nitrogens is 1. The van der Waals surface area contributed by atoms with Crippen molar-refractivity contribution in [3.05, 3.63) is 83.3 Å². The Labute approximate surface area is 167 Å². The van der Waals surface area contributed by atoms with E-state index >= 15 is 0 Å². The number of amides is 1. The Hall–Kier alpha value is -3.61. The summed E-state index contributed by atoms with van der Waals surface area (Å²) in [7, 11) is 0. The van der Waals surface area contributed by atoms with Crippen LogP contribution >= 0.6 is 0 Å². The van der Waals surface area contributed by atoms with Crippen molar-refractivity contribution in [1.82, 2.24) is 10.3 Å². The van der Waals surface area contributed by atoms with Gasteiger partial charge >= 0.3 is 0 Å². The number of nitrogens with zero attached hydrogens (tertiary/aromatic N) is 1. The van der Waals surface area contributed by atoms with E-state index in [1.54, 1.807) is 30.3 Å². The lowest BCUT2D eigenvalue weighted by molar-refractivity contribution is 0.0953. The molecule has 0 spiro atoms. The Morgan fingerprint density at radius 1 is 1.07 bits per heavy atom. The molecule has 2 aromatic carbocycles. The molecule has 4 rings (SSSR count). The Morgan fingerprint density at radius 3 is 2.76 bits per heavy atom. The fourth-order valence-electron chi connectivity index (χ4n) is 2.99. The Kier molecular flexibility index (Phi) is 5.56. The van der Waals surface area contributed by atoms with Gasteiger partial charge < -0.3 is 20.1 Å². The third-order valence-electron chi connectivity index (χ3n) is 4.57. The highest BCUT2D eigenvalue weighted by Crippen LogP contribution is 2.32. The molecule has 0 saturated carbocycles. The zero-order chi connectivity index (χ0) is 20.1. The van der Waals surface area contributed by atoms with Gasteiger partial charge in [0.2, 0.25) is 6.79 Å². The van der Waals surface area contributed by atoms with Gasteiger partial charge in [0.15, 0.2) is 11.5 Å². The van der Waals surface area contributed by atoms with E-state index in [0.29, 0.717) is 36.5 Å². The number of pyridine rings is 1. The van der Waals surface area contributed by atoms with Crippen molar-refractivity contribution in [3.8, 4) is 11.5 Å². The summed E-state index contributed by atoms with van der Waals surface area (Å²) in [4.78, 5) is 16.5. The number of carbonyl (C=O) groups excluding carboxylic acids is 1. The van der Waals surface area contributed by atoms with Gasteiger partial charge in [-0.15, -0.1) is 0 Å². The molecule has 0 saturated heterocycles. The van der Waals surface area contributed by atoms with Crippen molar-refractivity contribution in [1.29, 1.82) is 0 Å². The molecule has 0 atom stereocenters. The van der Waals surface area contributed by atoms with Crippen molar-refractivity contribution in [3.63, 3.8) is 0 Å². The Morgan fingerprint density at radius 2 is 1.93 bits per heavy atom. The predicted molar refractivity (Wildman–Crippen MR) is 107 cm³/mol. The van der Waals surface area contributed by atoms with Gasteiger partial charge in [0, 0.05) is 19.3 Å². The number of hydrogen-bond acceptors (Lipinski definition) is 5. The number of carbonyl (C=O) groups is 1. The number of anilines is 1. The van der Waals surface area contributed by atoms with E-state index in [-0.39, 0.29) is 18.5 Å². The van der Waals surface area contributed by atoms with E-state index in [2.05, 4.69) is 15.6 Å². The minimum Gasteiger partial charge on any atom is -0.454 e. The first-order valence-corrected chi connectivity index (χ1v) is 9.29. The van der Waals surface area contributed by atoms with Crippen LogP contribution in [0.25, 0.3) is 0 Å². The number of hydrogen-bond donors (Lipinski definition) is 2. The van der Waals surface area contributed by atoms with Gasteiger partial charge in [-0.3, -0.25) is 4.79 Å². The average Bonchev–Trinajstić information content (AvgIpc) is 3.22. The highest BCUT2D eigenvalue weighted by atomic mass is 19.1. The van der Waals surface area contributed by atoms with E-state index in [1.807, 2.05) is 18.2 Å². The molecule has 7 heteroatoms. The number of halogens is 1. The number of nitrogens with one attached hydrogen (secondary N) is 2. The van der Waals surface area contributed by atoms with Crippen LogP contribution in [0.5, 0.6) is 11.5 Å². The molecule has 0 radical (unpaired) electrons. The largest absolute Gasteiger partial charge is 0.454 e. The summed E-state index contributed by atoms with van der Waals surface area (Å²) in [6, 6.07) is 15.8. The minimum absolute atomic E-state index is 0.240. The fourth-order valence-corrected chi connectivity index (χ4v) is 2.99. The molecular weight excluding hydrogens is 373 g/mol. The van der Waals surface area contributed by atoms with Gasteiger partial charge in [-0.25, -0.2) is 9.37 Å². The quantitative estimate of drug-likeness (QED) is 0.643. The first kappa shape index (κ1) is 18.7. The SMILES string of the molecule is O=C(NCCc1ccccc1F)c1ccc(NCc2ccc3c(c2)OCO3)nc1. The Balaban J connectivity index is 1.27. The zero-order valence-corrected chi connectivity index (χ0v) is 15.7. The lowest BCUT2D eigenvalue weighted by atomic mass is 10.1. The second-order valence-corrected chi connectivity index (χ2v) is 6.57. The van der Waals surface area contributed by atoms with Crippen LogP contribution < -0.4 is 20.1 Å².